The fraction of sp³-hybridized carbons (Fsp3) is 0.538. The summed E-state index contributed by atoms with van der Waals surface area (Å²) in [5, 5.41) is 3.48. The highest BCUT2D eigenvalue weighted by atomic mass is 79.9. The number of rotatable bonds is 6. The molecule has 0 bridgehead atoms. The van der Waals surface area contributed by atoms with Crippen LogP contribution in [0.5, 0.6) is 0 Å². The Morgan fingerprint density at radius 2 is 2.12 bits per heavy atom. The third kappa shape index (κ3) is 4.48. The van der Waals surface area contributed by atoms with Gasteiger partial charge in [0.15, 0.2) is 0 Å². The molecular weight excluding hydrogens is 282 g/mol. The number of nitrogens with one attached hydrogen (secondary N) is 1. The summed E-state index contributed by atoms with van der Waals surface area (Å²) in [7, 11) is 0. The van der Waals surface area contributed by atoms with Crippen molar-refractivity contribution in [3.05, 3.63) is 34.3 Å². The zero-order valence-corrected chi connectivity index (χ0v) is 12.4. The lowest BCUT2D eigenvalue weighted by Gasteiger charge is -2.26. The van der Waals surface area contributed by atoms with Crippen molar-refractivity contribution in [1.82, 2.24) is 5.32 Å². The number of halogens is 1. The van der Waals surface area contributed by atoms with E-state index in [0.717, 1.165) is 29.7 Å². The summed E-state index contributed by atoms with van der Waals surface area (Å²) in [4.78, 5) is 0. The molecule has 0 amide bonds. The predicted octanol–water partition coefficient (Wildman–Crippen LogP) is 3.64. The van der Waals surface area contributed by atoms with Gasteiger partial charge in [-0.15, -0.1) is 0 Å². The average Bonchev–Trinajstić information content (AvgIpc) is 2.24. The van der Waals surface area contributed by atoms with Gasteiger partial charge in [-0.3, -0.25) is 0 Å². The number of thiol groups is 1. The maximum atomic E-state index is 4.20. The molecule has 0 aliphatic carbocycles. The van der Waals surface area contributed by atoms with Crippen molar-refractivity contribution in [1.29, 1.82) is 0 Å². The van der Waals surface area contributed by atoms with Gasteiger partial charge in [0.2, 0.25) is 0 Å². The van der Waals surface area contributed by atoms with E-state index in [1.807, 2.05) is 0 Å². The predicted molar refractivity (Wildman–Crippen MR) is 78.5 cm³/mol. The van der Waals surface area contributed by atoms with Gasteiger partial charge in [0.25, 0.3) is 0 Å². The van der Waals surface area contributed by atoms with Crippen molar-refractivity contribution in [3.8, 4) is 0 Å². The van der Waals surface area contributed by atoms with Crippen molar-refractivity contribution in [2.45, 2.75) is 25.7 Å². The normalized spacial score (nSPS) is 11.8. The molecular formula is C13H20BrNS. The van der Waals surface area contributed by atoms with Crippen LogP contribution in [0.25, 0.3) is 0 Å². The molecule has 3 heteroatoms. The highest BCUT2D eigenvalue weighted by Gasteiger charge is 2.19. The van der Waals surface area contributed by atoms with Crippen LogP contribution in [-0.2, 0) is 5.41 Å². The minimum atomic E-state index is 0.167. The summed E-state index contributed by atoms with van der Waals surface area (Å²) in [6.07, 6.45) is 1.12. The van der Waals surface area contributed by atoms with Crippen LogP contribution < -0.4 is 5.32 Å². The maximum Gasteiger partial charge on any atom is 0.0178 e. The van der Waals surface area contributed by atoms with Crippen LogP contribution in [0.2, 0.25) is 0 Å². The maximum absolute atomic E-state index is 4.20. The van der Waals surface area contributed by atoms with Crippen molar-refractivity contribution >= 4 is 28.6 Å². The lowest BCUT2D eigenvalue weighted by molar-refractivity contribution is 0.470. The van der Waals surface area contributed by atoms with Crippen molar-refractivity contribution in [2.24, 2.45) is 0 Å². The van der Waals surface area contributed by atoms with Crippen molar-refractivity contribution in [2.75, 3.05) is 18.8 Å². The van der Waals surface area contributed by atoms with Crippen LogP contribution in [-0.4, -0.2) is 18.8 Å². The van der Waals surface area contributed by atoms with Gasteiger partial charge in [-0.2, -0.15) is 12.6 Å². The van der Waals surface area contributed by atoms with E-state index in [0.29, 0.717) is 0 Å². The number of hydrogen-bond acceptors (Lipinski definition) is 2. The van der Waals surface area contributed by atoms with Crippen LogP contribution >= 0.6 is 28.6 Å². The van der Waals surface area contributed by atoms with Gasteiger partial charge in [0.1, 0.15) is 0 Å². The second-order valence-electron chi connectivity index (χ2n) is 4.65. The Morgan fingerprint density at radius 1 is 1.38 bits per heavy atom. The monoisotopic (exact) mass is 301 g/mol. The van der Waals surface area contributed by atoms with Crippen LogP contribution in [0, 0.1) is 0 Å². The van der Waals surface area contributed by atoms with E-state index in [2.05, 4.69) is 72.0 Å². The van der Waals surface area contributed by atoms with E-state index in [-0.39, 0.29) is 5.41 Å². The second-order valence-corrected chi connectivity index (χ2v) is 6.01. The largest absolute Gasteiger partial charge is 0.316 e. The van der Waals surface area contributed by atoms with E-state index in [1.54, 1.807) is 0 Å². The summed E-state index contributed by atoms with van der Waals surface area (Å²) in [6.45, 7) is 6.57. The lowest BCUT2D eigenvalue weighted by Crippen LogP contribution is -2.33. The molecule has 0 heterocycles. The van der Waals surface area contributed by atoms with Gasteiger partial charge < -0.3 is 5.32 Å². The Labute approximate surface area is 113 Å². The van der Waals surface area contributed by atoms with E-state index in [1.165, 1.54) is 5.56 Å². The van der Waals surface area contributed by atoms with Gasteiger partial charge in [-0.05, 0) is 36.4 Å². The molecule has 1 rings (SSSR count). The van der Waals surface area contributed by atoms with Gasteiger partial charge >= 0.3 is 0 Å². The van der Waals surface area contributed by atoms with Crippen molar-refractivity contribution < 1.29 is 0 Å². The van der Waals surface area contributed by atoms with Crippen LogP contribution in [0.3, 0.4) is 0 Å². The summed E-state index contributed by atoms with van der Waals surface area (Å²) < 4.78 is 1.15. The zero-order valence-electron chi connectivity index (χ0n) is 9.96. The molecule has 0 saturated carbocycles. The summed E-state index contributed by atoms with van der Waals surface area (Å²) in [6, 6.07) is 8.54. The Bertz CT molecular complexity index is 325. The molecule has 90 valence electrons. The molecule has 0 aliphatic rings. The standard InChI is InChI=1S/C13H20BrNS/c1-13(2,10-15-7-4-8-16)11-5-3-6-12(14)9-11/h3,5-6,9,15-16H,4,7-8,10H2,1-2H3. The Morgan fingerprint density at radius 3 is 2.75 bits per heavy atom. The van der Waals surface area contributed by atoms with Gasteiger partial charge in [-0.25, -0.2) is 0 Å². The topological polar surface area (TPSA) is 12.0 Å². The Kier molecular flexibility index (Phi) is 5.87. The molecule has 1 N–H and O–H groups in total. The summed E-state index contributed by atoms with van der Waals surface area (Å²) in [5.41, 5.74) is 1.53. The molecule has 16 heavy (non-hydrogen) atoms. The zero-order chi connectivity index (χ0) is 12.0. The average molecular weight is 302 g/mol. The lowest BCUT2D eigenvalue weighted by atomic mass is 9.84. The molecule has 0 radical (unpaired) electrons. The van der Waals surface area contributed by atoms with E-state index in [9.17, 15) is 0 Å². The molecule has 0 aromatic heterocycles. The van der Waals surface area contributed by atoms with Crippen LogP contribution in [0.1, 0.15) is 25.8 Å². The van der Waals surface area contributed by atoms with Gasteiger partial charge in [0, 0.05) is 16.4 Å². The number of benzene rings is 1. The molecule has 1 aromatic rings. The molecule has 0 atom stereocenters. The smallest absolute Gasteiger partial charge is 0.0178 e. The minimum absolute atomic E-state index is 0.167. The third-order valence-electron chi connectivity index (χ3n) is 2.68. The van der Waals surface area contributed by atoms with Gasteiger partial charge in [0.05, 0.1) is 0 Å². The molecule has 0 aliphatic heterocycles. The summed E-state index contributed by atoms with van der Waals surface area (Å²) >= 11 is 7.72. The first-order chi connectivity index (χ1) is 7.56. The van der Waals surface area contributed by atoms with E-state index >= 15 is 0 Å². The first-order valence-corrected chi connectivity index (χ1v) is 7.06. The van der Waals surface area contributed by atoms with E-state index < -0.39 is 0 Å². The van der Waals surface area contributed by atoms with Crippen LogP contribution in [0.4, 0.5) is 0 Å². The van der Waals surface area contributed by atoms with Crippen LogP contribution in [0.15, 0.2) is 28.7 Å². The molecule has 1 nitrogen and oxygen atoms in total. The molecule has 0 saturated heterocycles. The van der Waals surface area contributed by atoms with E-state index in [4.69, 9.17) is 0 Å². The molecule has 0 unspecified atom stereocenters. The number of hydrogen-bond donors (Lipinski definition) is 2. The van der Waals surface area contributed by atoms with Crippen molar-refractivity contribution in [3.63, 3.8) is 0 Å². The highest BCUT2D eigenvalue weighted by molar-refractivity contribution is 9.10. The Balaban J connectivity index is 2.55. The second kappa shape index (κ2) is 6.67. The minimum Gasteiger partial charge on any atom is -0.316 e. The first-order valence-electron chi connectivity index (χ1n) is 5.64. The quantitative estimate of drug-likeness (QED) is 0.604. The highest BCUT2D eigenvalue weighted by Crippen LogP contribution is 2.24. The third-order valence-corrected chi connectivity index (χ3v) is 3.49. The molecule has 0 fully saturated rings. The SMILES string of the molecule is CC(C)(CNCCCS)c1cccc(Br)c1. The Hall–Kier alpha value is 0.01000. The summed E-state index contributed by atoms with van der Waals surface area (Å²) in [5.74, 6) is 0.949. The molecule has 0 spiro atoms. The fourth-order valence-corrected chi connectivity index (χ4v) is 2.17. The first kappa shape index (κ1) is 14.1. The fourth-order valence-electron chi connectivity index (χ4n) is 1.62. The molecule has 1 aromatic carbocycles. The van der Waals surface area contributed by atoms with Gasteiger partial charge in [-0.1, -0.05) is 41.9 Å².